The van der Waals surface area contributed by atoms with E-state index >= 15 is 0 Å². The molecule has 0 saturated heterocycles. The van der Waals surface area contributed by atoms with Crippen molar-refractivity contribution in [1.29, 1.82) is 0 Å². The Hall–Kier alpha value is -0.980. The fraction of sp³-hybridized carbons (Fsp3) is 0.250. The maximum Gasteiger partial charge on any atom is 0.105 e. The third-order valence-electron chi connectivity index (χ3n) is 3.29. The maximum absolute atomic E-state index is 5.82. The first-order valence-corrected chi connectivity index (χ1v) is 6.83. The summed E-state index contributed by atoms with van der Waals surface area (Å²) in [4.78, 5) is 0. The predicted octanol–water partition coefficient (Wildman–Crippen LogP) is 6.04. The Morgan fingerprint density at radius 2 is 1.72 bits per heavy atom. The van der Waals surface area contributed by atoms with Gasteiger partial charge in [-0.15, -0.1) is 0 Å². The zero-order valence-electron chi connectivity index (χ0n) is 10.6. The molecule has 0 spiro atoms. The first-order valence-electron chi connectivity index (χ1n) is 6.08. The second kappa shape index (κ2) is 5.77. The topological polar surface area (TPSA) is 0 Å². The average molecular weight is 279 g/mol. The van der Waals surface area contributed by atoms with Crippen molar-refractivity contribution >= 4 is 34.0 Å². The monoisotopic (exact) mass is 278 g/mol. The molecular weight excluding hydrogens is 263 g/mol. The SMILES string of the molecule is CC(CC(C)c1cccc2ccccc12)=C(Cl)Cl. The van der Waals surface area contributed by atoms with Gasteiger partial charge in [-0.05, 0) is 41.2 Å². The van der Waals surface area contributed by atoms with E-state index in [-0.39, 0.29) is 0 Å². The number of allylic oxidation sites excluding steroid dienone is 1. The normalized spacial score (nSPS) is 12.4. The number of rotatable bonds is 3. The highest BCUT2D eigenvalue weighted by Gasteiger charge is 2.11. The van der Waals surface area contributed by atoms with Crippen LogP contribution in [0.5, 0.6) is 0 Å². The Kier molecular flexibility index (Phi) is 4.31. The van der Waals surface area contributed by atoms with Gasteiger partial charge in [0.25, 0.3) is 0 Å². The molecule has 0 aliphatic rings. The number of hydrogen-bond acceptors (Lipinski definition) is 0. The summed E-state index contributed by atoms with van der Waals surface area (Å²) in [6.07, 6.45) is 0.885. The maximum atomic E-state index is 5.82. The van der Waals surface area contributed by atoms with E-state index in [9.17, 15) is 0 Å². The van der Waals surface area contributed by atoms with Crippen LogP contribution < -0.4 is 0 Å². The molecule has 2 heteroatoms. The van der Waals surface area contributed by atoms with Crippen LogP contribution in [0, 0.1) is 0 Å². The molecule has 0 amide bonds. The fourth-order valence-corrected chi connectivity index (χ4v) is 2.48. The van der Waals surface area contributed by atoms with Gasteiger partial charge >= 0.3 is 0 Å². The minimum Gasteiger partial charge on any atom is -0.0710 e. The van der Waals surface area contributed by atoms with Gasteiger partial charge in [0.15, 0.2) is 0 Å². The van der Waals surface area contributed by atoms with Crippen molar-refractivity contribution in [2.24, 2.45) is 0 Å². The standard InChI is InChI=1S/C16H16Cl2/c1-11(10-12(2)16(17)18)14-9-5-7-13-6-3-4-8-15(13)14/h3-9,11H,10H2,1-2H3. The highest BCUT2D eigenvalue weighted by molar-refractivity contribution is 6.56. The van der Waals surface area contributed by atoms with E-state index in [0.717, 1.165) is 12.0 Å². The van der Waals surface area contributed by atoms with Gasteiger partial charge in [-0.2, -0.15) is 0 Å². The lowest BCUT2D eigenvalue weighted by Crippen LogP contribution is -1.96. The molecule has 0 nitrogen and oxygen atoms in total. The molecule has 0 saturated carbocycles. The van der Waals surface area contributed by atoms with E-state index in [1.807, 2.05) is 6.92 Å². The van der Waals surface area contributed by atoms with Crippen LogP contribution in [-0.4, -0.2) is 0 Å². The van der Waals surface area contributed by atoms with E-state index in [1.54, 1.807) is 0 Å². The van der Waals surface area contributed by atoms with Gasteiger partial charge in [0, 0.05) is 0 Å². The Morgan fingerprint density at radius 1 is 1.06 bits per heavy atom. The van der Waals surface area contributed by atoms with Crippen LogP contribution in [0.1, 0.15) is 31.7 Å². The molecule has 94 valence electrons. The van der Waals surface area contributed by atoms with Gasteiger partial charge in [0.2, 0.25) is 0 Å². The van der Waals surface area contributed by atoms with Crippen molar-refractivity contribution < 1.29 is 0 Å². The molecule has 2 aromatic rings. The third-order valence-corrected chi connectivity index (χ3v) is 3.93. The van der Waals surface area contributed by atoms with Crippen LogP contribution in [0.3, 0.4) is 0 Å². The minimum atomic E-state index is 0.391. The summed E-state index contributed by atoms with van der Waals surface area (Å²) < 4.78 is 0.391. The van der Waals surface area contributed by atoms with Gasteiger partial charge in [-0.25, -0.2) is 0 Å². The molecule has 18 heavy (non-hydrogen) atoms. The van der Waals surface area contributed by atoms with Crippen molar-refractivity contribution in [3.8, 4) is 0 Å². The molecule has 0 N–H and O–H groups in total. The third kappa shape index (κ3) is 2.88. The molecule has 1 atom stereocenters. The Bertz CT molecular complexity index is 575. The second-order valence-electron chi connectivity index (χ2n) is 4.71. The molecule has 0 fully saturated rings. The molecule has 0 heterocycles. The molecule has 0 aromatic heterocycles. The number of benzene rings is 2. The lowest BCUT2D eigenvalue weighted by molar-refractivity contribution is 0.758. The Balaban J connectivity index is 2.39. The summed E-state index contributed by atoms with van der Waals surface area (Å²) in [5.74, 6) is 0.406. The highest BCUT2D eigenvalue weighted by Crippen LogP contribution is 2.31. The van der Waals surface area contributed by atoms with Gasteiger partial charge in [0.05, 0.1) is 0 Å². The first kappa shape index (κ1) is 13.5. The molecule has 2 rings (SSSR count). The van der Waals surface area contributed by atoms with Crippen molar-refractivity contribution in [1.82, 2.24) is 0 Å². The summed E-state index contributed by atoms with van der Waals surface area (Å²) in [6.45, 7) is 4.19. The zero-order chi connectivity index (χ0) is 13.1. The van der Waals surface area contributed by atoms with Crippen molar-refractivity contribution in [3.63, 3.8) is 0 Å². The van der Waals surface area contributed by atoms with Crippen LogP contribution in [0.15, 0.2) is 52.5 Å². The van der Waals surface area contributed by atoms with Crippen LogP contribution in [0.4, 0.5) is 0 Å². The number of hydrogen-bond donors (Lipinski definition) is 0. The van der Waals surface area contributed by atoms with E-state index in [4.69, 9.17) is 23.2 Å². The van der Waals surface area contributed by atoms with Crippen molar-refractivity contribution in [2.75, 3.05) is 0 Å². The largest absolute Gasteiger partial charge is 0.105 e. The number of halogens is 2. The zero-order valence-corrected chi connectivity index (χ0v) is 12.1. The van der Waals surface area contributed by atoms with Gasteiger partial charge < -0.3 is 0 Å². The van der Waals surface area contributed by atoms with Crippen molar-refractivity contribution in [2.45, 2.75) is 26.2 Å². The first-order chi connectivity index (χ1) is 8.59. The second-order valence-corrected chi connectivity index (χ2v) is 5.66. The van der Waals surface area contributed by atoms with Gasteiger partial charge in [-0.1, -0.05) is 72.6 Å². The highest BCUT2D eigenvalue weighted by atomic mass is 35.5. The lowest BCUT2D eigenvalue weighted by Gasteiger charge is -2.15. The minimum absolute atomic E-state index is 0.391. The van der Waals surface area contributed by atoms with E-state index in [2.05, 4.69) is 49.4 Å². The number of fused-ring (bicyclic) bond motifs is 1. The summed E-state index contributed by atoms with van der Waals surface area (Å²) in [5, 5.41) is 2.59. The van der Waals surface area contributed by atoms with Gasteiger partial charge in [0.1, 0.15) is 4.49 Å². The summed E-state index contributed by atoms with van der Waals surface area (Å²) in [5.41, 5.74) is 2.39. The fourth-order valence-electron chi connectivity index (χ4n) is 2.33. The Morgan fingerprint density at radius 3 is 2.44 bits per heavy atom. The van der Waals surface area contributed by atoms with E-state index < -0.39 is 0 Å². The van der Waals surface area contributed by atoms with Crippen molar-refractivity contribution in [3.05, 3.63) is 58.1 Å². The van der Waals surface area contributed by atoms with Crippen LogP contribution >= 0.6 is 23.2 Å². The van der Waals surface area contributed by atoms with E-state index in [0.29, 0.717) is 10.4 Å². The summed E-state index contributed by atoms with van der Waals surface area (Å²) in [7, 11) is 0. The molecule has 0 bridgehead atoms. The van der Waals surface area contributed by atoms with Gasteiger partial charge in [-0.3, -0.25) is 0 Å². The molecule has 1 unspecified atom stereocenters. The molecular formula is C16H16Cl2. The molecule has 2 aromatic carbocycles. The predicted molar refractivity (Wildman–Crippen MR) is 81.4 cm³/mol. The summed E-state index contributed by atoms with van der Waals surface area (Å²) >= 11 is 11.6. The van der Waals surface area contributed by atoms with E-state index in [1.165, 1.54) is 16.3 Å². The smallest absolute Gasteiger partial charge is 0.0710 e. The molecule has 0 aliphatic heterocycles. The lowest BCUT2D eigenvalue weighted by atomic mass is 9.90. The molecule has 0 radical (unpaired) electrons. The summed E-state index contributed by atoms with van der Waals surface area (Å²) in [6, 6.07) is 14.9. The molecule has 0 aliphatic carbocycles. The Labute approximate surface area is 118 Å². The van der Waals surface area contributed by atoms with Crippen LogP contribution in [0.25, 0.3) is 10.8 Å². The quantitative estimate of drug-likeness (QED) is 0.642. The average Bonchev–Trinajstić information content (AvgIpc) is 2.37. The van der Waals surface area contributed by atoms with Crippen LogP contribution in [0.2, 0.25) is 0 Å². The van der Waals surface area contributed by atoms with Crippen LogP contribution in [-0.2, 0) is 0 Å².